The van der Waals surface area contributed by atoms with Crippen LogP contribution in [0.2, 0.25) is 0 Å². The van der Waals surface area contributed by atoms with E-state index < -0.39 is 82.5 Å². The van der Waals surface area contributed by atoms with E-state index in [1.165, 1.54) is 33.8 Å². The zero-order chi connectivity index (χ0) is 32.0. The van der Waals surface area contributed by atoms with Crippen LogP contribution in [-0.2, 0) is 42.9 Å². The van der Waals surface area contributed by atoms with Crippen molar-refractivity contribution in [2.75, 3.05) is 0 Å². The lowest BCUT2D eigenvalue weighted by molar-refractivity contribution is -0.215. The van der Waals surface area contributed by atoms with Crippen molar-refractivity contribution in [3.05, 3.63) is 23.8 Å². The van der Waals surface area contributed by atoms with Crippen LogP contribution in [0, 0.1) is 11.3 Å². The monoisotopic (exact) mass is 606 g/mol. The van der Waals surface area contributed by atoms with Crippen LogP contribution in [0.5, 0.6) is 0 Å². The molecule has 0 unspecified atom stereocenters. The van der Waals surface area contributed by atoms with E-state index in [0.29, 0.717) is 12.0 Å². The Bertz CT molecular complexity index is 1190. The van der Waals surface area contributed by atoms with Gasteiger partial charge in [-0.05, 0) is 38.8 Å². The number of ether oxygens (including phenoxy) is 5. The molecule has 2 fully saturated rings. The molecule has 0 aromatic heterocycles. The van der Waals surface area contributed by atoms with Crippen LogP contribution in [0.15, 0.2) is 23.8 Å². The van der Waals surface area contributed by atoms with Gasteiger partial charge in [-0.25, -0.2) is 4.79 Å². The predicted molar refractivity (Wildman–Crippen MR) is 152 cm³/mol. The molecule has 0 aromatic rings. The Morgan fingerprint density at radius 1 is 1.02 bits per heavy atom. The molecule has 0 aromatic carbocycles. The molecule has 10 atom stereocenters. The number of epoxide rings is 1. The molecule has 2 aliphatic heterocycles. The Hall–Kier alpha value is -2.76. The highest BCUT2D eigenvalue weighted by Gasteiger charge is 2.87. The van der Waals surface area contributed by atoms with E-state index in [2.05, 4.69) is 6.92 Å². The van der Waals surface area contributed by atoms with Gasteiger partial charge in [0.2, 0.25) is 0 Å². The van der Waals surface area contributed by atoms with Crippen molar-refractivity contribution in [3.63, 3.8) is 0 Å². The van der Waals surface area contributed by atoms with E-state index in [1.807, 2.05) is 0 Å². The second kappa shape index (κ2) is 12.0. The Morgan fingerprint density at radius 3 is 2.28 bits per heavy atom. The van der Waals surface area contributed by atoms with Crippen LogP contribution in [0.4, 0.5) is 0 Å². The van der Waals surface area contributed by atoms with Crippen molar-refractivity contribution in [1.29, 1.82) is 0 Å². The summed E-state index contributed by atoms with van der Waals surface area (Å²) in [6, 6.07) is 0. The fraction of sp³-hybridized carbons (Fsp3) is 0.750. The van der Waals surface area contributed by atoms with Gasteiger partial charge >= 0.3 is 23.9 Å². The molecule has 0 saturated carbocycles. The lowest BCUT2D eigenvalue weighted by Gasteiger charge is -2.54. The van der Waals surface area contributed by atoms with Gasteiger partial charge in [0.1, 0.15) is 24.4 Å². The molecule has 4 aliphatic rings. The second-order valence-electron chi connectivity index (χ2n) is 13.0. The SMILES string of the molecule is CCCCCCCC(=O)O[C@@H]1C[C@H](OC(C)=O)[C@@]2(C)C=C[C@@H](O)[C@@](C)(O)[C@@H]2[C@H](OC(C)=O)[C@]23O[C@@]2(C)C(=O)O[C@H]3/C=C\1C. The summed E-state index contributed by atoms with van der Waals surface area (Å²) in [4.78, 5) is 51.3. The third-order valence-electron chi connectivity index (χ3n) is 9.79. The molecule has 0 amide bonds. The molecule has 240 valence electrons. The summed E-state index contributed by atoms with van der Waals surface area (Å²) < 4.78 is 29.7. The first-order valence-corrected chi connectivity index (χ1v) is 15.3. The van der Waals surface area contributed by atoms with Gasteiger partial charge in [-0.2, -0.15) is 0 Å². The van der Waals surface area contributed by atoms with E-state index >= 15 is 0 Å². The van der Waals surface area contributed by atoms with E-state index in [0.717, 1.165) is 25.7 Å². The molecule has 11 nitrogen and oxygen atoms in total. The molecule has 1 spiro atoms. The lowest BCUT2D eigenvalue weighted by Crippen LogP contribution is -2.67. The number of hydrogen-bond acceptors (Lipinski definition) is 11. The van der Waals surface area contributed by atoms with E-state index in [9.17, 15) is 29.4 Å². The third-order valence-corrected chi connectivity index (χ3v) is 9.79. The molecule has 0 bridgehead atoms. The number of carbonyl (C=O) groups is 4. The summed E-state index contributed by atoms with van der Waals surface area (Å²) >= 11 is 0. The molecule has 2 N–H and O–H groups in total. The maximum Gasteiger partial charge on any atom is 0.342 e. The topological polar surface area (TPSA) is 158 Å². The number of aliphatic hydroxyl groups excluding tert-OH is 1. The summed E-state index contributed by atoms with van der Waals surface area (Å²) in [5.41, 5.74) is -5.84. The molecule has 2 saturated heterocycles. The van der Waals surface area contributed by atoms with Crippen LogP contribution in [0.1, 0.15) is 93.4 Å². The first-order chi connectivity index (χ1) is 20.0. The van der Waals surface area contributed by atoms with Crippen molar-refractivity contribution >= 4 is 23.9 Å². The third kappa shape index (κ3) is 5.76. The van der Waals surface area contributed by atoms with Crippen molar-refractivity contribution in [1.82, 2.24) is 0 Å². The summed E-state index contributed by atoms with van der Waals surface area (Å²) in [6.07, 6.45) is 3.91. The van der Waals surface area contributed by atoms with Gasteiger partial charge in [0, 0.05) is 38.0 Å². The van der Waals surface area contributed by atoms with Gasteiger partial charge in [0.05, 0.1) is 5.60 Å². The minimum absolute atomic E-state index is 0.00835. The molecule has 43 heavy (non-hydrogen) atoms. The Labute approximate surface area is 252 Å². The van der Waals surface area contributed by atoms with Crippen molar-refractivity contribution < 1.29 is 53.1 Å². The summed E-state index contributed by atoms with van der Waals surface area (Å²) in [5.74, 6) is -3.59. The minimum Gasteiger partial charge on any atom is -0.461 e. The Kier molecular flexibility index (Phi) is 9.22. The first kappa shape index (κ1) is 33.1. The van der Waals surface area contributed by atoms with Gasteiger partial charge in [0.25, 0.3) is 0 Å². The number of carbonyl (C=O) groups excluding carboxylic acids is 4. The van der Waals surface area contributed by atoms with Crippen molar-refractivity contribution in [2.45, 2.75) is 141 Å². The standard InChI is InChI=1S/C32H46O11/c1-8-9-10-11-12-13-25(36)41-21-17-23(39-19(3)33)29(5)15-14-22(35)30(6,38)26(29)27(40-20(4)34)32-24(16-18(21)2)42-28(37)31(32,7)43-32/h14-16,21-24,26-27,35,38H,8-13,17H2,1-7H3/b18-16-/t21-,22-,23+,24+,26-,27+,29-,30-,31+,32+/m1/s1. The van der Waals surface area contributed by atoms with E-state index in [-0.39, 0.29) is 12.8 Å². The van der Waals surface area contributed by atoms with Crippen molar-refractivity contribution in [2.24, 2.45) is 11.3 Å². The Balaban J connectivity index is 1.85. The van der Waals surface area contributed by atoms with Gasteiger partial charge in [0.15, 0.2) is 17.3 Å². The van der Waals surface area contributed by atoms with Crippen LogP contribution in [0.3, 0.4) is 0 Å². The molecular weight excluding hydrogens is 560 g/mol. The van der Waals surface area contributed by atoms with Gasteiger partial charge in [-0.1, -0.05) is 51.7 Å². The van der Waals surface area contributed by atoms with E-state index in [1.54, 1.807) is 26.0 Å². The second-order valence-corrected chi connectivity index (χ2v) is 13.0. The average molecular weight is 607 g/mol. The number of hydrogen-bond donors (Lipinski definition) is 2. The average Bonchev–Trinajstić information content (AvgIpc) is 3.49. The lowest BCUT2D eigenvalue weighted by atomic mass is 9.55. The summed E-state index contributed by atoms with van der Waals surface area (Å²) in [7, 11) is 0. The van der Waals surface area contributed by atoms with E-state index in [4.69, 9.17) is 23.7 Å². The molecule has 2 aliphatic carbocycles. The minimum atomic E-state index is -1.96. The molecule has 2 heterocycles. The van der Waals surface area contributed by atoms with Crippen molar-refractivity contribution in [3.8, 4) is 0 Å². The number of esters is 4. The van der Waals surface area contributed by atoms with Gasteiger partial charge in [-0.15, -0.1) is 0 Å². The molecule has 4 rings (SSSR count). The highest BCUT2D eigenvalue weighted by molar-refractivity contribution is 5.89. The van der Waals surface area contributed by atoms with Gasteiger partial charge < -0.3 is 33.9 Å². The number of aliphatic hydroxyl groups is 2. The smallest absolute Gasteiger partial charge is 0.342 e. The molecular formula is C32H46O11. The largest absolute Gasteiger partial charge is 0.461 e. The maximum atomic E-state index is 13.2. The first-order valence-electron chi connectivity index (χ1n) is 15.3. The van der Waals surface area contributed by atoms with Crippen LogP contribution in [0.25, 0.3) is 0 Å². The maximum absolute atomic E-state index is 13.2. The fourth-order valence-corrected chi connectivity index (χ4v) is 7.33. The quantitative estimate of drug-likeness (QED) is 0.130. The van der Waals surface area contributed by atoms with Crippen LogP contribution >= 0.6 is 0 Å². The summed E-state index contributed by atoms with van der Waals surface area (Å²) in [5, 5.41) is 22.9. The highest BCUT2D eigenvalue weighted by atomic mass is 16.7. The normalized spacial score (nSPS) is 42.7. The Morgan fingerprint density at radius 2 is 1.67 bits per heavy atom. The number of unbranched alkanes of at least 4 members (excludes halogenated alkanes) is 4. The number of rotatable bonds is 9. The zero-order valence-corrected chi connectivity index (χ0v) is 26.2. The zero-order valence-electron chi connectivity index (χ0n) is 26.2. The fourth-order valence-electron chi connectivity index (χ4n) is 7.33. The van der Waals surface area contributed by atoms with Crippen LogP contribution in [-0.4, -0.2) is 81.4 Å². The number of fused-ring (bicyclic) bond motifs is 1. The summed E-state index contributed by atoms with van der Waals surface area (Å²) in [6.45, 7) is 10.9. The molecule has 11 heteroatoms. The van der Waals surface area contributed by atoms with Crippen LogP contribution < -0.4 is 0 Å². The predicted octanol–water partition coefficient (Wildman–Crippen LogP) is 3.23. The highest BCUT2D eigenvalue weighted by Crippen LogP contribution is 2.65. The van der Waals surface area contributed by atoms with Gasteiger partial charge in [-0.3, -0.25) is 14.4 Å². The molecule has 0 radical (unpaired) electrons.